The minimum Gasteiger partial charge on any atom is -0.907 e. The van der Waals surface area contributed by atoms with Gasteiger partial charge < -0.3 is 45.2 Å². The number of hydrogen-bond acceptors (Lipinski definition) is 9. The molecule has 0 aromatic carbocycles. The minimum atomic E-state index is -2.92. The van der Waals surface area contributed by atoms with E-state index >= 15 is 0 Å². The van der Waals surface area contributed by atoms with Crippen molar-refractivity contribution in [1.82, 2.24) is 0 Å². The SMILES string of the molecule is [Al+3].[O-]B([O-])[O-].[O-]B([O-])[O-].[O-]B([O-])[O-].[Sr+2].[Sr+2].[Sr+2]. The molecule has 0 aromatic rings. The molecule has 0 radical (unpaired) electrons. The molecule has 0 aliphatic rings. The smallest absolute Gasteiger partial charge is 0.907 e. The second-order valence-electron chi connectivity index (χ2n) is 0.866. The molecule has 0 aliphatic carbocycles. The molecule has 0 amide bonds. The predicted molar refractivity (Wildman–Crippen MR) is 40.3 cm³/mol. The van der Waals surface area contributed by atoms with Crippen molar-refractivity contribution in [2.24, 2.45) is 0 Å². The summed E-state index contributed by atoms with van der Waals surface area (Å²) in [6, 6.07) is 0. The van der Waals surface area contributed by atoms with Gasteiger partial charge in [0.15, 0.2) is 0 Å². The monoisotopic (exact) mass is 468 g/mol. The Labute approximate surface area is 215 Å². The standard InChI is InChI=1S/Al.3BO3.3Sr/c;3*2-1(3)4;;;/q+3;3*-3;3*+2. The molecule has 0 aliphatic heterocycles. The van der Waals surface area contributed by atoms with Gasteiger partial charge in [-0.15, -0.1) is 0 Å². The van der Waals surface area contributed by atoms with Gasteiger partial charge in [0, 0.05) is 0 Å². The summed E-state index contributed by atoms with van der Waals surface area (Å²) >= 11 is 0. The van der Waals surface area contributed by atoms with Crippen LogP contribution in [0.3, 0.4) is 0 Å². The van der Waals surface area contributed by atoms with Crippen LogP contribution in [0.15, 0.2) is 0 Å². The van der Waals surface area contributed by atoms with Crippen molar-refractivity contribution >= 4 is 176 Å². The van der Waals surface area contributed by atoms with Crippen molar-refractivity contribution in [3.05, 3.63) is 0 Å². The van der Waals surface area contributed by atoms with E-state index in [2.05, 4.69) is 0 Å². The van der Waals surface area contributed by atoms with Crippen molar-refractivity contribution in [3.8, 4) is 0 Å². The Hall–Kier alpha value is 4.81. The van der Waals surface area contributed by atoms with E-state index in [1.165, 1.54) is 0 Å². The van der Waals surface area contributed by atoms with Crippen LogP contribution in [0.2, 0.25) is 0 Å². The summed E-state index contributed by atoms with van der Waals surface area (Å²) in [5.74, 6) is 0. The molecule has 0 bridgehead atoms. The molecular weight excluding hydrogens is 466 g/mol. The molecule has 0 fully saturated rings. The van der Waals surface area contributed by atoms with Crippen molar-refractivity contribution in [2.75, 3.05) is 0 Å². The Morgan fingerprint density at radius 3 is 0.375 bits per heavy atom. The van der Waals surface area contributed by atoms with E-state index in [0.29, 0.717) is 0 Å². The summed E-state index contributed by atoms with van der Waals surface area (Å²) in [5, 5.41) is 75.8. The average Bonchev–Trinajstić information content (AvgIpc) is 1.54. The maximum atomic E-state index is 8.42. The van der Waals surface area contributed by atoms with Crippen LogP contribution in [0, 0.1) is 0 Å². The normalized spacial score (nSPS) is 5.06. The van der Waals surface area contributed by atoms with Gasteiger partial charge in [-0.2, -0.15) is 0 Å². The van der Waals surface area contributed by atoms with E-state index in [1.54, 1.807) is 0 Å². The summed E-state index contributed by atoms with van der Waals surface area (Å²) in [6.07, 6.45) is 0. The first-order chi connectivity index (χ1) is 5.20. The van der Waals surface area contributed by atoms with Crippen LogP contribution in [-0.4, -0.2) is 176 Å². The molecule has 9 nitrogen and oxygen atoms in total. The van der Waals surface area contributed by atoms with Crippen molar-refractivity contribution in [3.63, 3.8) is 0 Å². The Morgan fingerprint density at radius 1 is 0.375 bits per heavy atom. The van der Waals surface area contributed by atoms with E-state index in [-0.39, 0.29) is 154 Å². The first-order valence-corrected chi connectivity index (χ1v) is 2.12. The zero-order chi connectivity index (χ0) is 10.7. The summed E-state index contributed by atoms with van der Waals surface area (Å²) in [7, 11) is -8.75. The molecule has 0 rings (SSSR count). The van der Waals surface area contributed by atoms with E-state index in [9.17, 15) is 0 Å². The van der Waals surface area contributed by atoms with Crippen LogP contribution in [0.4, 0.5) is 0 Å². The topological polar surface area (TPSA) is 208 Å². The molecule has 0 aromatic heterocycles. The molecule has 0 unspecified atom stereocenters. The quantitative estimate of drug-likeness (QED) is 0.310. The fraction of sp³-hybridized carbons (Fsp3) is 0. The largest absolute Gasteiger partial charge is 3.00 e. The van der Waals surface area contributed by atoms with Crippen LogP contribution in [-0.2, 0) is 0 Å². The van der Waals surface area contributed by atoms with Crippen LogP contribution >= 0.6 is 0 Å². The second kappa shape index (κ2) is 36.8. The Balaban J connectivity index is -0.0000000135. The summed E-state index contributed by atoms with van der Waals surface area (Å²) in [6.45, 7) is 0. The second-order valence-corrected chi connectivity index (χ2v) is 0.866. The molecule has 0 atom stereocenters. The van der Waals surface area contributed by atoms with E-state index in [0.717, 1.165) is 0 Å². The Bertz CT molecular complexity index is 54.5. The summed E-state index contributed by atoms with van der Waals surface area (Å²) < 4.78 is 0. The Morgan fingerprint density at radius 2 is 0.375 bits per heavy atom. The molecule has 0 saturated carbocycles. The third-order valence-electron chi connectivity index (χ3n) is 0. The van der Waals surface area contributed by atoms with Gasteiger partial charge in [0.2, 0.25) is 0 Å². The van der Waals surface area contributed by atoms with Crippen molar-refractivity contribution in [2.45, 2.75) is 0 Å². The zero-order valence-electron chi connectivity index (χ0n) is 8.10. The maximum Gasteiger partial charge on any atom is 3.00 e. The van der Waals surface area contributed by atoms with E-state index in [1.807, 2.05) is 0 Å². The van der Waals surface area contributed by atoms with Gasteiger partial charge >= 0.3 is 154 Å². The van der Waals surface area contributed by atoms with Gasteiger partial charge in [-0.1, -0.05) is 0 Å². The van der Waals surface area contributed by atoms with Crippen LogP contribution < -0.4 is 45.2 Å². The fourth-order valence-electron chi connectivity index (χ4n) is 0. The Kier molecular flexibility index (Phi) is 98.4. The summed E-state index contributed by atoms with van der Waals surface area (Å²) in [4.78, 5) is 0. The average molecular weight is 466 g/mol. The van der Waals surface area contributed by atoms with Crippen LogP contribution in [0.25, 0.3) is 0 Å². The predicted octanol–water partition coefficient (Wildman–Crippen LogP) is -13.4. The zero-order valence-corrected chi connectivity index (χ0v) is 19.7. The molecular formula is AlB3O9Sr3. The van der Waals surface area contributed by atoms with Gasteiger partial charge in [0.1, 0.15) is 0 Å². The minimum absolute atomic E-state index is 0. The van der Waals surface area contributed by atoms with Gasteiger partial charge in [-0.3, -0.25) is 22.0 Å². The van der Waals surface area contributed by atoms with E-state index < -0.39 is 22.0 Å². The molecule has 0 N–H and O–H groups in total. The van der Waals surface area contributed by atoms with Gasteiger partial charge in [0.05, 0.1) is 0 Å². The number of rotatable bonds is 0. The van der Waals surface area contributed by atoms with Gasteiger partial charge in [-0.05, 0) is 0 Å². The van der Waals surface area contributed by atoms with Crippen molar-refractivity contribution < 1.29 is 45.2 Å². The third-order valence-corrected chi connectivity index (χ3v) is 0. The number of hydrogen-bond donors (Lipinski definition) is 0. The molecule has 0 saturated heterocycles. The molecule has 0 heterocycles. The van der Waals surface area contributed by atoms with Gasteiger partial charge in [0.25, 0.3) is 0 Å². The molecule has 16 heavy (non-hydrogen) atoms. The first kappa shape index (κ1) is 42.8. The van der Waals surface area contributed by atoms with E-state index in [4.69, 9.17) is 45.2 Å². The third kappa shape index (κ3) is 258. The first-order valence-electron chi connectivity index (χ1n) is 2.12. The van der Waals surface area contributed by atoms with Crippen molar-refractivity contribution in [1.29, 1.82) is 0 Å². The van der Waals surface area contributed by atoms with Gasteiger partial charge in [-0.25, -0.2) is 0 Å². The molecule has 72 valence electrons. The fourth-order valence-corrected chi connectivity index (χ4v) is 0. The maximum absolute atomic E-state index is 8.42. The summed E-state index contributed by atoms with van der Waals surface area (Å²) in [5.41, 5.74) is 0. The van der Waals surface area contributed by atoms with Crippen LogP contribution in [0.5, 0.6) is 0 Å². The molecule has 0 spiro atoms. The molecule has 16 heteroatoms. The van der Waals surface area contributed by atoms with Crippen LogP contribution in [0.1, 0.15) is 0 Å².